The number of nitrogens with zero attached hydrogens (tertiary/aromatic N) is 1. The highest BCUT2D eigenvalue weighted by molar-refractivity contribution is 7.47. The number of carbonyl (C=O) groups is 1. The maximum Gasteiger partial charge on any atom is 0.472 e. The first-order chi connectivity index (χ1) is 22.0. The lowest BCUT2D eigenvalue weighted by molar-refractivity contribution is -0.870. The number of carbonyl (C=O) groups excluding carboxylic acids is 1. The van der Waals surface area contributed by atoms with Gasteiger partial charge in [0.05, 0.1) is 39.9 Å². The van der Waals surface area contributed by atoms with Gasteiger partial charge in [-0.25, -0.2) is 4.57 Å². The van der Waals surface area contributed by atoms with E-state index in [2.05, 4.69) is 55.6 Å². The van der Waals surface area contributed by atoms with E-state index in [9.17, 15) is 19.4 Å². The van der Waals surface area contributed by atoms with Gasteiger partial charge in [0.15, 0.2) is 0 Å². The average molecular weight is 670 g/mol. The Morgan fingerprint density at radius 3 is 1.91 bits per heavy atom. The molecule has 8 nitrogen and oxygen atoms in total. The maximum absolute atomic E-state index is 12.7. The monoisotopic (exact) mass is 669 g/mol. The van der Waals surface area contributed by atoms with Gasteiger partial charge in [-0.15, -0.1) is 0 Å². The van der Waals surface area contributed by atoms with Gasteiger partial charge in [0.2, 0.25) is 5.91 Å². The Hall–Kier alpha value is -1.54. The quantitative estimate of drug-likeness (QED) is 0.0295. The van der Waals surface area contributed by atoms with Crippen molar-refractivity contribution in [2.24, 2.45) is 0 Å². The molecule has 1 amide bonds. The van der Waals surface area contributed by atoms with Gasteiger partial charge < -0.3 is 19.8 Å². The molecule has 0 aromatic carbocycles. The molecule has 0 aromatic rings. The molecule has 0 aliphatic carbocycles. The second-order valence-corrected chi connectivity index (χ2v) is 14.7. The number of likely N-dealkylation sites (N-methyl/N-ethyl adjacent to an activating group) is 1. The summed E-state index contributed by atoms with van der Waals surface area (Å²) in [5.41, 5.74) is 0. The summed E-state index contributed by atoms with van der Waals surface area (Å²) in [5, 5.41) is 13.6. The third kappa shape index (κ3) is 31.1. The Morgan fingerprint density at radius 2 is 1.30 bits per heavy atom. The smallest absolute Gasteiger partial charge is 0.387 e. The van der Waals surface area contributed by atoms with E-state index < -0.39 is 20.0 Å². The summed E-state index contributed by atoms with van der Waals surface area (Å²) >= 11 is 0. The predicted molar refractivity (Wildman–Crippen MR) is 194 cm³/mol. The van der Waals surface area contributed by atoms with E-state index in [0.717, 1.165) is 70.6 Å². The minimum atomic E-state index is -4.32. The van der Waals surface area contributed by atoms with Gasteiger partial charge in [0.1, 0.15) is 13.2 Å². The number of allylic oxidation sites excluding steroid dienone is 7. The lowest BCUT2D eigenvalue weighted by Gasteiger charge is -2.25. The normalized spacial score (nSPS) is 15.4. The number of unbranched alkanes of at least 4 members (excludes halogenated alkanes) is 12. The van der Waals surface area contributed by atoms with Crippen molar-refractivity contribution in [2.45, 2.75) is 142 Å². The van der Waals surface area contributed by atoms with Crippen molar-refractivity contribution in [1.29, 1.82) is 0 Å². The van der Waals surface area contributed by atoms with E-state index in [0.29, 0.717) is 17.4 Å². The fraction of sp³-hybridized carbons (Fsp3) is 0.757. The van der Waals surface area contributed by atoms with Gasteiger partial charge in [-0.1, -0.05) is 120 Å². The Bertz CT molecular complexity index is 897. The molecule has 3 atom stereocenters. The fourth-order valence-corrected chi connectivity index (χ4v) is 5.38. The van der Waals surface area contributed by atoms with Crippen LogP contribution >= 0.6 is 7.82 Å². The van der Waals surface area contributed by atoms with Gasteiger partial charge in [-0.3, -0.25) is 13.8 Å². The Labute approximate surface area is 282 Å². The first-order valence-corrected chi connectivity index (χ1v) is 19.5. The molecule has 0 saturated heterocycles. The number of aliphatic hydroxyl groups is 1. The molecule has 0 rings (SSSR count). The van der Waals surface area contributed by atoms with Crippen molar-refractivity contribution in [1.82, 2.24) is 5.32 Å². The van der Waals surface area contributed by atoms with Crippen molar-refractivity contribution in [3.63, 3.8) is 0 Å². The lowest BCUT2D eigenvalue weighted by Crippen LogP contribution is -2.45. The minimum absolute atomic E-state index is 0.0568. The van der Waals surface area contributed by atoms with Crippen LogP contribution in [0.15, 0.2) is 48.6 Å². The molecule has 0 spiro atoms. The first-order valence-electron chi connectivity index (χ1n) is 18.0. The van der Waals surface area contributed by atoms with Crippen molar-refractivity contribution in [3.05, 3.63) is 48.6 Å². The number of nitrogens with one attached hydrogen (secondary N) is 1. The second-order valence-electron chi connectivity index (χ2n) is 13.2. The summed E-state index contributed by atoms with van der Waals surface area (Å²) in [5.74, 6) is -0.196. The van der Waals surface area contributed by atoms with Crippen LogP contribution in [0.3, 0.4) is 0 Å². The molecule has 0 aliphatic heterocycles. The molecule has 0 aromatic heterocycles. The van der Waals surface area contributed by atoms with E-state index in [4.69, 9.17) is 9.05 Å². The number of aliphatic hydroxyl groups excluding tert-OH is 1. The van der Waals surface area contributed by atoms with Crippen LogP contribution in [0.25, 0.3) is 0 Å². The van der Waals surface area contributed by atoms with Crippen LogP contribution in [0, 0.1) is 0 Å². The number of rotatable bonds is 31. The minimum Gasteiger partial charge on any atom is -0.387 e. The van der Waals surface area contributed by atoms with Crippen LogP contribution in [0.2, 0.25) is 0 Å². The number of phosphoric ester groups is 1. The number of quaternary nitrogens is 1. The molecule has 3 N–H and O–H groups in total. The largest absolute Gasteiger partial charge is 0.472 e. The SMILES string of the molecule is CC/C=C\C/C=C\C/C=C\CCCCCCCCCC(=O)NC(COP(=O)(O)OCC[N+](C)(C)C)C(O)/C=C/CCCCCCC. The molecule has 0 saturated carbocycles. The zero-order valence-corrected chi connectivity index (χ0v) is 30.9. The molecule has 0 heterocycles. The highest BCUT2D eigenvalue weighted by Gasteiger charge is 2.27. The summed E-state index contributed by atoms with van der Waals surface area (Å²) in [7, 11) is 1.55. The third-order valence-electron chi connectivity index (χ3n) is 7.55. The highest BCUT2D eigenvalue weighted by atomic mass is 31.2. The molecule has 0 radical (unpaired) electrons. The van der Waals surface area contributed by atoms with E-state index >= 15 is 0 Å². The molecule has 46 heavy (non-hydrogen) atoms. The van der Waals surface area contributed by atoms with Crippen molar-refractivity contribution >= 4 is 13.7 Å². The molecular formula is C37H70N2O6P+. The number of amides is 1. The van der Waals surface area contributed by atoms with E-state index in [1.807, 2.05) is 27.2 Å². The first kappa shape index (κ1) is 44.5. The zero-order valence-electron chi connectivity index (χ0n) is 30.0. The maximum atomic E-state index is 12.7. The standard InChI is InChI=1S/C37H69N2O6P/c1-6-8-10-12-14-15-16-17-18-19-20-21-22-23-25-27-29-31-37(41)38-35(36(40)30-28-26-24-13-11-9-7-2)34-45-46(42,43)44-33-32-39(3,4)5/h8,10,14-15,17-18,28,30,35-36,40H,6-7,9,11-13,16,19-27,29,31-34H2,1-5H3,(H-,38,41,42,43)/p+1/b10-8-,15-14-,18-17-,30-28+. The Balaban J connectivity index is 4.43. The number of hydrogen-bond donors (Lipinski definition) is 3. The van der Waals surface area contributed by atoms with Crippen molar-refractivity contribution in [2.75, 3.05) is 40.9 Å². The molecule has 0 fully saturated rings. The summed E-state index contributed by atoms with van der Waals surface area (Å²) < 4.78 is 23.3. The second kappa shape index (κ2) is 29.6. The van der Waals surface area contributed by atoms with Gasteiger partial charge in [-0.2, -0.15) is 0 Å². The van der Waals surface area contributed by atoms with Gasteiger partial charge in [-0.05, 0) is 51.4 Å². The zero-order chi connectivity index (χ0) is 34.4. The topological polar surface area (TPSA) is 105 Å². The fourth-order valence-electron chi connectivity index (χ4n) is 4.64. The lowest BCUT2D eigenvalue weighted by atomic mass is 10.1. The van der Waals surface area contributed by atoms with E-state index in [-0.39, 0.29) is 19.1 Å². The summed E-state index contributed by atoms with van der Waals surface area (Å²) in [6.45, 7) is 4.60. The summed E-state index contributed by atoms with van der Waals surface area (Å²) in [6, 6.07) is -0.848. The van der Waals surface area contributed by atoms with Crippen molar-refractivity contribution in [3.8, 4) is 0 Å². The molecule has 0 bridgehead atoms. The molecule has 9 heteroatoms. The molecule has 3 unspecified atom stereocenters. The van der Waals surface area contributed by atoms with Crippen LogP contribution in [-0.4, -0.2) is 73.4 Å². The van der Waals surface area contributed by atoms with Crippen LogP contribution in [0.4, 0.5) is 0 Å². The molecular weight excluding hydrogens is 599 g/mol. The summed E-state index contributed by atoms with van der Waals surface area (Å²) in [6.07, 6.45) is 34.7. The van der Waals surface area contributed by atoms with Crippen molar-refractivity contribution < 1.29 is 32.9 Å². The number of hydrogen-bond acceptors (Lipinski definition) is 5. The van der Waals surface area contributed by atoms with E-state index in [1.165, 1.54) is 38.5 Å². The molecule has 0 aliphatic rings. The Kier molecular flexibility index (Phi) is 28.6. The Morgan fingerprint density at radius 1 is 0.761 bits per heavy atom. The van der Waals surface area contributed by atoms with Crippen LogP contribution in [-0.2, 0) is 18.4 Å². The molecule has 268 valence electrons. The average Bonchev–Trinajstić information content (AvgIpc) is 2.99. The van der Waals surface area contributed by atoms with Crippen LogP contribution in [0.5, 0.6) is 0 Å². The highest BCUT2D eigenvalue weighted by Crippen LogP contribution is 2.43. The van der Waals surface area contributed by atoms with Gasteiger partial charge in [0.25, 0.3) is 0 Å². The van der Waals surface area contributed by atoms with Gasteiger partial charge in [0, 0.05) is 6.42 Å². The van der Waals surface area contributed by atoms with Crippen LogP contribution in [0.1, 0.15) is 129 Å². The number of phosphoric acid groups is 1. The summed E-state index contributed by atoms with van der Waals surface area (Å²) in [4.78, 5) is 22.9. The third-order valence-corrected chi connectivity index (χ3v) is 8.54. The van der Waals surface area contributed by atoms with Crippen LogP contribution < -0.4 is 5.32 Å². The van der Waals surface area contributed by atoms with E-state index in [1.54, 1.807) is 6.08 Å². The predicted octanol–water partition coefficient (Wildman–Crippen LogP) is 8.96. The van der Waals surface area contributed by atoms with Gasteiger partial charge >= 0.3 is 7.82 Å².